The molecule has 214 valence electrons. The third-order valence-electron chi connectivity index (χ3n) is 5.88. The van der Waals surface area contributed by atoms with E-state index in [2.05, 4.69) is 14.5 Å². The standard InChI is InChI=1S/C16H14N2OS.C9H9ClO.C7H6N2S2/c1-12(19)11-20-16-17-14-9-5-6-10-15(14)18(16)13-7-3-2-4-8-13;1-2-9(11)7-3-5-8(10)6-4-7;8-4-1-2-5-6(3-4)11-7(10)9-5/h2-10H,11H2,1H3;3-6H,2H2,1H3;1-3H,8H2,(H,9,10). The van der Waals surface area contributed by atoms with E-state index >= 15 is 0 Å². The minimum atomic E-state index is 0.154. The predicted molar refractivity (Wildman–Crippen MR) is 180 cm³/mol. The number of para-hydroxylation sites is 3. The summed E-state index contributed by atoms with van der Waals surface area (Å²) < 4.78 is 4.02. The van der Waals surface area contributed by atoms with Gasteiger partial charge < -0.3 is 10.7 Å². The summed E-state index contributed by atoms with van der Waals surface area (Å²) in [7, 11) is 0. The van der Waals surface area contributed by atoms with Gasteiger partial charge in [0.2, 0.25) is 0 Å². The van der Waals surface area contributed by atoms with Gasteiger partial charge in [0.25, 0.3) is 0 Å². The minimum Gasteiger partial charge on any atom is -0.399 e. The molecule has 0 spiro atoms. The van der Waals surface area contributed by atoms with Crippen LogP contribution in [0.4, 0.5) is 5.69 Å². The summed E-state index contributed by atoms with van der Waals surface area (Å²) in [5, 5.41) is 1.52. The summed E-state index contributed by atoms with van der Waals surface area (Å²) >= 11 is 13.7. The van der Waals surface area contributed by atoms with Crippen molar-refractivity contribution in [3.63, 3.8) is 0 Å². The number of nitrogens with two attached hydrogens (primary N) is 1. The molecule has 0 aliphatic rings. The first-order valence-corrected chi connectivity index (χ1v) is 15.7. The lowest BCUT2D eigenvalue weighted by molar-refractivity contribution is -0.114. The van der Waals surface area contributed by atoms with Crippen molar-refractivity contribution < 1.29 is 9.59 Å². The number of aromatic amines is 1. The number of anilines is 1. The first-order chi connectivity index (χ1) is 20.2. The summed E-state index contributed by atoms with van der Waals surface area (Å²) in [6.45, 7) is 3.44. The van der Waals surface area contributed by atoms with Gasteiger partial charge in [0.05, 0.1) is 27.0 Å². The largest absolute Gasteiger partial charge is 0.399 e. The Morgan fingerprint density at radius 2 is 1.69 bits per heavy atom. The molecular formula is C32H29ClN4O2S3. The zero-order valence-electron chi connectivity index (χ0n) is 23.0. The van der Waals surface area contributed by atoms with Crippen molar-refractivity contribution in [2.24, 2.45) is 0 Å². The number of Topliss-reactive ketones (excluding diaryl/α,β-unsaturated/α-hetero) is 2. The van der Waals surface area contributed by atoms with Gasteiger partial charge in [-0.3, -0.25) is 14.2 Å². The summed E-state index contributed by atoms with van der Waals surface area (Å²) in [4.78, 5) is 30.0. The van der Waals surface area contributed by atoms with Crippen LogP contribution in [0, 0.1) is 3.95 Å². The van der Waals surface area contributed by atoms with Crippen molar-refractivity contribution in [2.45, 2.75) is 25.4 Å². The van der Waals surface area contributed by atoms with Crippen LogP contribution < -0.4 is 5.73 Å². The van der Waals surface area contributed by atoms with Crippen LogP contribution >= 0.6 is 46.9 Å². The van der Waals surface area contributed by atoms with E-state index in [1.54, 1.807) is 42.5 Å². The Kier molecular flexibility index (Phi) is 11.1. The van der Waals surface area contributed by atoms with Gasteiger partial charge in [-0.05, 0) is 85.9 Å². The van der Waals surface area contributed by atoms with Crippen LogP contribution in [0.5, 0.6) is 0 Å². The van der Waals surface area contributed by atoms with Crippen molar-refractivity contribution in [2.75, 3.05) is 11.5 Å². The normalized spacial score (nSPS) is 10.5. The molecular weight excluding hydrogens is 604 g/mol. The quantitative estimate of drug-likeness (QED) is 0.0823. The Balaban J connectivity index is 0.000000157. The number of benzene rings is 4. The van der Waals surface area contributed by atoms with E-state index in [4.69, 9.17) is 29.6 Å². The maximum Gasteiger partial charge on any atom is 0.174 e. The fourth-order valence-electron chi connectivity index (χ4n) is 3.90. The van der Waals surface area contributed by atoms with Gasteiger partial charge in [-0.2, -0.15) is 0 Å². The summed E-state index contributed by atoms with van der Waals surface area (Å²) in [6, 6.07) is 30.8. The third kappa shape index (κ3) is 8.39. The first-order valence-electron chi connectivity index (χ1n) is 13.1. The van der Waals surface area contributed by atoms with E-state index in [0.717, 1.165) is 47.3 Å². The molecule has 0 amide bonds. The molecule has 0 fully saturated rings. The van der Waals surface area contributed by atoms with Crippen LogP contribution in [0.25, 0.3) is 26.9 Å². The van der Waals surface area contributed by atoms with E-state index in [1.807, 2.05) is 79.7 Å². The van der Waals surface area contributed by atoms with Gasteiger partial charge in [0.1, 0.15) is 5.78 Å². The van der Waals surface area contributed by atoms with Crippen LogP contribution in [0.2, 0.25) is 5.02 Å². The number of ketones is 2. The molecule has 0 unspecified atom stereocenters. The number of nitrogen functional groups attached to an aromatic ring is 1. The smallest absolute Gasteiger partial charge is 0.174 e. The molecule has 0 aliphatic carbocycles. The number of imidazole rings is 1. The number of nitrogens with one attached hydrogen (secondary N) is 1. The molecule has 0 radical (unpaired) electrons. The highest BCUT2D eigenvalue weighted by Gasteiger charge is 2.13. The molecule has 42 heavy (non-hydrogen) atoms. The number of nitrogens with zero attached hydrogens (tertiary/aromatic N) is 2. The Morgan fingerprint density at radius 3 is 2.38 bits per heavy atom. The summed E-state index contributed by atoms with van der Waals surface area (Å²) in [5.74, 6) is 0.749. The SMILES string of the molecule is CC(=O)CSc1nc2ccccc2n1-c1ccccc1.CCC(=O)c1ccc(Cl)cc1.Nc1ccc2[nH]c(=S)sc2c1. The monoisotopic (exact) mass is 632 g/mol. The lowest BCUT2D eigenvalue weighted by Crippen LogP contribution is -1.99. The van der Waals surface area contributed by atoms with Gasteiger partial charge >= 0.3 is 0 Å². The summed E-state index contributed by atoms with van der Waals surface area (Å²) in [6.07, 6.45) is 0.543. The summed E-state index contributed by atoms with van der Waals surface area (Å²) in [5.41, 5.74) is 11.2. The van der Waals surface area contributed by atoms with E-state index in [9.17, 15) is 9.59 Å². The van der Waals surface area contributed by atoms with Crippen LogP contribution in [-0.4, -0.2) is 31.9 Å². The van der Waals surface area contributed by atoms with E-state index < -0.39 is 0 Å². The van der Waals surface area contributed by atoms with Gasteiger partial charge in [0.15, 0.2) is 14.9 Å². The molecule has 6 aromatic rings. The van der Waals surface area contributed by atoms with E-state index in [-0.39, 0.29) is 11.6 Å². The maximum absolute atomic E-state index is 11.2. The Morgan fingerprint density at radius 1 is 1.00 bits per heavy atom. The molecule has 0 saturated carbocycles. The minimum absolute atomic E-state index is 0.154. The highest BCUT2D eigenvalue weighted by Crippen LogP contribution is 2.28. The van der Waals surface area contributed by atoms with Crippen molar-refractivity contribution in [1.29, 1.82) is 0 Å². The maximum atomic E-state index is 11.2. The number of fused-ring (bicyclic) bond motifs is 2. The number of carbonyl (C=O) groups excluding carboxylic acids is 2. The zero-order chi connectivity index (χ0) is 30.1. The number of carbonyl (C=O) groups is 2. The predicted octanol–water partition coefficient (Wildman–Crippen LogP) is 9.18. The highest BCUT2D eigenvalue weighted by atomic mass is 35.5. The lowest BCUT2D eigenvalue weighted by Gasteiger charge is -2.08. The van der Waals surface area contributed by atoms with Gasteiger partial charge in [-0.15, -0.1) is 11.3 Å². The molecule has 2 aromatic heterocycles. The number of aromatic nitrogens is 3. The van der Waals surface area contributed by atoms with Crippen LogP contribution in [0.3, 0.4) is 0 Å². The second-order valence-corrected chi connectivity index (χ2v) is 12.2. The van der Waals surface area contributed by atoms with Crippen molar-refractivity contribution in [1.82, 2.24) is 14.5 Å². The molecule has 0 saturated heterocycles. The molecule has 0 atom stereocenters. The van der Waals surface area contributed by atoms with Crippen LogP contribution in [-0.2, 0) is 4.79 Å². The van der Waals surface area contributed by atoms with E-state index in [0.29, 0.717) is 17.2 Å². The van der Waals surface area contributed by atoms with Gasteiger partial charge in [-0.25, -0.2) is 4.98 Å². The number of hydrogen-bond acceptors (Lipinski definition) is 7. The van der Waals surface area contributed by atoms with Gasteiger partial charge in [-0.1, -0.05) is 60.6 Å². The fourth-order valence-corrected chi connectivity index (χ4v) is 6.01. The average Bonchev–Trinajstić information content (AvgIpc) is 3.56. The number of rotatable bonds is 6. The number of thiazole rings is 1. The Bertz CT molecular complexity index is 1860. The Labute approximate surface area is 262 Å². The van der Waals surface area contributed by atoms with Crippen molar-refractivity contribution >= 4 is 85.4 Å². The van der Waals surface area contributed by atoms with Crippen LogP contribution in [0.15, 0.2) is 102 Å². The topological polar surface area (TPSA) is 93.8 Å². The number of H-pyrrole nitrogens is 1. The molecule has 2 heterocycles. The number of thioether (sulfide) groups is 1. The first kappa shape index (κ1) is 31.2. The zero-order valence-corrected chi connectivity index (χ0v) is 26.2. The number of hydrogen-bond donors (Lipinski definition) is 2. The third-order valence-corrected chi connectivity index (χ3v) is 8.41. The second kappa shape index (κ2) is 14.9. The van der Waals surface area contributed by atoms with E-state index in [1.165, 1.54) is 11.8 Å². The molecule has 6 rings (SSSR count). The molecule has 0 aliphatic heterocycles. The Hall–Kier alpha value is -3.76. The lowest BCUT2D eigenvalue weighted by atomic mass is 10.1. The second-order valence-electron chi connectivity index (χ2n) is 9.10. The fraction of sp³-hybridized carbons (Fsp3) is 0.125. The molecule has 3 N–H and O–H groups in total. The van der Waals surface area contributed by atoms with Crippen LogP contribution in [0.1, 0.15) is 30.6 Å². The molecule has 4 aromatic carbocycles. The molecule has 10 heteroatoms. The molecule has 6 nitrogen and oxygen atoms in total. The average molecular weight is 633 g/mol. The van der Waals surface area contributed by atoms with Crippen molar-refractivity contribution in [3.05, 3.63) is 112 Å². The van der Waals surface area contributed by atoms with Crippen molar-refractivity contribution in [3.8, 4) is 5.69 Å². The van der Waals surface area contributed by atoms with Gasteiger partial charge in [0, 0.05) is 28.4 Å². The highest BCUT2D eigenvalue weighted by molar-refractivity contribution is 7.99. The number of halogens is 1. The molecule has 0 bridgehead atoms.